The van der Waals surface area contributed by atoms with Gasteiger partial charge in [0, 0.05) is 18.4 Å². The van der Waals surface area contributed by atoms with Gasteiger partial charge in [-0.05, 0) is 30.2 Å². The van der Waals surface area contributed by atoms with Gasteiger partial charge < -0.3 is 14.8 Å². The maximum Gasteiger partial charge on any atom is 0.124 e. The summed E-state index contributed by atoms with van der Waals surface area (Å²) < 4.78 is 10.7. The van der Waals surface area contributed by atoms with Gasteiger partial charge in [-0.25, -0.2) is 0 Å². The molecule has 0 spiro atoms. The molecule has 0 heterocycles. The van der Waals surface area contributed by atoms with E-state index in [4.69, 9.17) is 9.47 Å². The molecule has 2 rings (SSSR count). The molecular weight excluding hydrogens is 262 g/mol. The van der Waals surface area contributed by atoms with Gasteiger partial charge >= 0.3 is 0 Å². The molecule has 0 aliphatic heterocycles. The second-order valence-corrected chi connectivity index (χ2v) is 4.98. The van der Waals surface area contributed by atoms with Gasteiger partial charge in [0.05, 0.1) is 19.8 Å². The Hall–Kier alpha value is -2.00. The number of nitrogens with one attached hydrogen (secondary N) is 1. The molecule has 0 saturated heterocycles. The Balaban J connectivity index is 2.20. The monoisotopic (exact) mass is 285 g/mol. The maximum absolute atomic E-state index is 5.47. The van der Waals surface area contributed by atoms with Gasteiger partial charge in [0.1, 0.15) is 5.75 Å². The quantitative estimate of drug-likeness (QED) is 0.817. The van der Waals surface area contributed by atoms with Crippen molar-refractivity contribution in [1.29, 1.82) is 0 Å². The van der Waals surface area contributed by atoms with E-state index in [1.807, 2.05) is 24.3 Å². The zero-order valence-corrected chi connectivity index (χ0v) is 12.9. The van der Waals surface area contributed by atoms with E-state index >= 15 is 0 Å². The van der Waals surface area contributed by atoms with Gasteiger partial charge in [-0.15, -0.1) is 0 Å². The van der Waals surface area contributed by atoms with Crippen LogP contribution in [-0.4, -0.2) is 14.2 Å². The van der Waals surface area contributed by atoms with Crippen LogP contribution in [0.15, 0.2) is 48.5 Å². The first-order chi connectivity index (χ1) is 10.3. The van der Waals surface area contributed by atoms with Crippen molar-refractivity contribution in [2.45, 2.75) is 26.0 Å². The molecule has 0 fully saturated rings. The van der Waals surface area contributed by atoms with Crippen LogP contribution in [0.4, 0.5) is 5.69 Å². The Kier molecular flexibility index (Phi) is 5.64. The van der Waals surface area contributed by atoms with E-state index in [0.717, 1.165) is 23.4 Å². The molecule has 0 bridgehead atoms. The summed E-state index contributed by atoms with van der Waals surface area (Å²) in [6.07, 6.45) is 0.981. The van der Waals surface area contributed by atoms with Gasteiger partial charge in [-0.1, -0.05) is 37.3 Å². The summed E-state index contributed by atoms with van der Waals surface area (Å²) in [6.45, 7) is 2.80. The highest BCUT2D eigenvalue weighted by molar-refractivity contribution is 5.49. The lowest BCUT2D eigenvalue weighted by molar-refractivity contribution is 0.185. The molecule has 112 valence electrons. The molecule has 2 aromatic rings. The summed E-state index contributed by atoms with van der Waals surface area (Å²) in [4.78, 5) is 0. The molecule has 0 aliphatic rings. The number of rotatable bonds is 7. The summed E-state index contributed by atoms with van der Waals surface area (Å²) in [6, 6.07) is 16.7. The molecule has 2 aromatic carbocycles. The minimum absolute atomic E-state index is 0.221. The highest BCUT2D eigenvalue weighted by Gasteiger charge is 2.13. The van der Waals surface area contributed by atoms with Crippen LogP contribution in [-0.2, 0) is 11.3 Å². The fourth-order valence-electron chi connectivity index (χ4n) is 2.47. The molecule has 0 radical (unpaired) electrons. The summed E-state index contributed by atoms with van der Waals surface area (Å²) in [7, 11) is 3.43. The van der Waals surface area contributed by atoms with Crippen molar-refractivity contribution in [1.82, 2.24) is 0 Å². The van der Waals surface area contributed by atoms with E-state index in [0.29, 0.717) is 6.61 Å². The third kappa shape index (κ3) is 3.99. The first kappa shape index (κ1) is 15.4. The van der Waals surface area contributed by atoms with Crippen molar-refractivity contribution in [3.05, 3.63) is 59.7 Å². The molecule has 1 N–H and O–H groups in total. The SMILES string of the molecule is CCC(Nc1cccc(COC)c1)c1ccccc1OC. The van der Waals surface area contributed by atoms with E-state index < -0.39 is 0 Å². The summed E-state index contributed by atoms with van der Waals surface area (Å²) in [5.41, 5.74) is 3.44. The Morgan fingerprint density at radius 3 is 2.57 bits per heavy atom. The average Bonchev–Trinajstić information content (AvgIpc) is 2.53. The molecule has 3 nitrogen and oxygen atoms in total. The van der Waals surface area contributed by atoms with Crippen molar-refractivity contribution in [3.63, 3.8) is 0 Å². The molecule has 0 amide bonds. The molecule has 21 heavy (non-hydrogen) atoms. The number of hydrogen-bond acceptors (Lipinski definition) is 3. The van der Waals surface area contributed by atoms with Gasteiger partial charge in [0.25, 0.3) is 0 Å². The Morgan fingerprint density at radius 1 is 1.05 bits per heavy atom. The lowest BCUT2D eigenvalue weighted by Gasteiger charge is -2.21. The molecule has 0 aromatic heterocycles. The minimum Gasteiger partial charge on any atom is -0.496 e. The number of anilines is 1. The van der Waals surface area contributed by atoms with E-state index in [1.54, 1.807) is 14.2 Å². The second-order valence-electron chi connectivity index (χ2n) is 4.98. The van der Waals surface area contributed by atoms with Crippen molar-refractivity contribution in [2.24, 2.45) is 0 Å². The normalized spacial score (nSPS) is 12.0. The van der Waals surface area contributed by atoms with E-state index in [2.05, 4.69) is 36.5 Å². The molecular formula is C18H23NO2. The predicted molar refractivity (Wildman–Crippen MR) is 86.8 cm³/mol. The van der Waals surface area contributed by atoms with E-state index in [1.165, 1.54) is 5.56 Å². The number of hydrogen-bond donors (Lipinski definition) is 1. The van der Waals surface area contributed by atoms with Crippen molar-refractivity contribution >= 4 is 5.69 Å². The zero-order valence-electron chi connectivity index (χ0n) is 12.9. The van der Waals surface area contributed by atoms with E-state index in [-0.39, 0.29) is 6.04 Å². The number of benzene rings is 2. The predicted octanol–water partition coefficient (Wildman–Crippen LogP) is 4.40. The Labute approximate surface area is 126 Å². The highest BCUT2D eigenvalue weighted by atomic mass is 16.5. The summed E-state index contributed by atoms with van der Waals surface area (Å²) >= 11 is 0. The highest BCUT2D eigenvalue weighted by Crippen LogP contribution is 2.30. The number of methoxy groups -OCH3 is 2. The molecule has 3 heteroatoms. The van der Waals surface area contributed by atoms with Gasteiger partial charge in [-0.2, -0.15) is 0 Å². The van der Waals surface area contributed by atoms with Crippen LogP contribution in [0.3, 0.4) is 0 Å². The van der Waals surface area contributed by atoms with Crippen LogP contribution in [0.25, 0.3) is 0 Å². The minimum atomic E-state index is 0.221. The largest absolute Gasteiger partial charge is 0.496 e. The summed E-state index contributed by atoms with van der Waals surface area (Å²) in [5.74, 6) is 0.921. The third-order valence-corrected chi connectivity index (χ3v) is 3.50. The maximum atomic E-state index is 5.47. The molecule has 0 saturated carbocycles. The molecule has 1 unspecified atom stereocenters. The van der Waals surface area contributed by atoms with Crippen molar-refractivity contribution in [2.75, 3.05) is 19.5 Å². The zero-order chi connectivity index (χ0) is 15.1. The second kappa shape index (κ2) is 7.70. The van der Waals surface area contributed by atoms with Crippen LogP contribution in [0.2, 0.25) is 0 Å². The lowest BCUT2D eigenvalue weighted by atomic mass is 10.0. The van der Waals surface area contributed by atoms with E-state index in [9.17, 15) is 0 Å². The molecule has 1 atom stereocenters. The van der Waals surface area contributed by atoms with Crippen molar-refractivity contribution < 1.29 is 9.47 Å². The summed E-state index contributed by atoms with van der Waals surface area (Å²) in [5, 5.41) is 3.58. The Morgan fingerprint density at radius 2 is 1.86 bits per heavy atom. The lowest BCUT2D eigenvalue weighted by Crippen LogP contribution is -2.11. The van der Waals surface area contributed by atoms with Crippen LogP contribution in [0, 0.1) is 0 Å². The first-order valence-corrected chi connectivity index (χ1v) is 7.25. The van der Waals surface area contributed by atoms with Gasteiger partial charge in [0.2, 0.25) is 0 Å². The topological polar surface area (TPSA) is 30.5 Å². The van der Waals surface area contributed by atoms with Crippen LogP contribution in [0.1, 0.15) is 30.5 Å². The van der Waals surface area contributed by atoms with Crippen LogP contribution in [0.5, 0.6) is 5.75 Å². The fraction of sp³-hybridized carbons (Fsp3) is 0.333. The number of para-hydroxylation sites is 1. The number of ether oxygens (including phenoxy) is 2. The van der Waals surface area contributed by atoms with Gasteiger partial charge in [0.15, 0.2) is 0 Å². The van der Waals surface area contributed by atoms with Gasteiger partial charge in [-0.3, -0.25) is 0 Å². The fourth-order valence-corrected chi connectivity index (χ4v) is 2.47. The van der Waals surface area contributed by atoms with Crippen LogP contribution >= 0.6 is 0 Å². The van der Waals surface area contributed by atoms with Crippen molar-refractivity contribution in [3.8, 4) is 5.75 Å². The van der Waals surface area contributed by atoms with Crippen LogP contribution < -0.4 is 10.1 Å². The molecule has 0 aliphatic carbocycles. The average molecular weight is 285 g/mol. The Bertz CT molecular complexity index is 569. The standard InChI is InChI=1S/C18H23NO2/c1-4-17(16-10-5-6-11-18(16)21-3)19-15-9-7-8-14(12-15)13-20-2/h5-12,17,19H,4,13H2,1-3H3. The third-order valence-electron chi connectivity index (χ3n) is 3.50. The smallest absolute Gasteiger partial charge is 0.124 e. The first-order valence-electron chi connectivity index (χ1n) is 7.25.